The fourth-order valence-electron chi connectivity index (χ4n) is 3.36. The van der Waals surface area contributed by atoms with Crippen LogP contribution in [0.2, 0.25) is 0 Å². The Morgan fingerprint density at radius 3 is 2.93 bits per heavy atom. The van der Waals surface area contributed by atoms with E-state index >= 15 is 0 Å². The standard InChI is InChI=1S/C19H22N4O4/c1-22(2)19-20-14-10-23(8-7-13(14)18(25)21-19)17(24)6-4-12-3-5-15-16(9-12)27-11-26-15/h3,5,9H,4,6-8,10-11H2,1-2H3,(H,20,21,25). The van der Waals surface area contributed by atoms with Gasteiger partial charge in [0.25, 0.3) is 5.56 Å². The molecule has 0 unspecified atom stereocenters. The minimum absolute atomic E-state index is 0.0619. The summed E-state index contributed by atoms with van der Waals surface area (Å²) in [4.78, 5) is 35.7. The molecule has 2 aliphatic heterocycles. The number of aryl methyl sites for hydroxylation is 1. The van der Waals surface area contributed by atoms with Crippen molar-refractivity contribution in [2.24, 2.45) is 0 Å². The molecule has 0 radical (unpaired) electrons. The number of rotatable bonds is 4. The van der Waals surface area contributed by atoms with Gasteiger partial charge in [-0.1, -0.05) is 6.07 Å². The molecule has 27 heavy (non-hydrogen) atoms. The van der Waals surface area contributed by atoms with Crippen molar-refractivity contribution in [1.29, 1.82) is 0 Å². The lowest BCUT2D eigenvalue weighted by molar-refractivity contribution is -0.132. The van der Waals surface area contributed by atoms with E-state index in [1.54, 1.807) is 9.80 Å². The lowest BCUT2D eigenvalue weighted by Crippen LogP contribution is -2.39. The molecule has 2 aromatic rings. The lowest BCUT2D eigenvalue weighted by atomic mass is 10.0. The number of carbonyl (C=O) groups is 1. The van der Waals surface area contributed by atoms with Crippen molar-refractivity contribution in [1.82, 2.24) is 14.9 Å². The summed E-state index contributed by atoms with van der Waals surface area (Å²) in [6, 6.07) is 5.75. The Bertz CT molecular complexity index is 938. The second-order valence-electron chi connectivity index (χ2n) is 6.96. The molecule has 142 valence electrons. The van der Waals surface area contributed by atoms with E-state index in [1.807, 2.05) is 32.3 Å². The molecule has 0 saturated carbocycles. The second kappa shape index (κ2) is 6.94. The van der Waals surface area contributed by atoms with E-state index in [4.69, 9.17) is 9.47 Å². The Hall–Kier alpha value is -3.03. The third-order valence-corrected chi connectivity index (χ3v) is 4.90. The van der Waals surface area contributed by atoms with Gasteiger partial charge >= 0.3 is 0 Å². The highest BCUT2D eigenvalue weighted by Gasteiger charge is 2.24. The highest BCUT2D eigenvalue weighted by molar-refractivity contribution is 5.76. The number of anilines is 1. The molecule has 0 fully saturated rings. The molecular formula is C19H22N4O4. The van der Waals surface area contributed by atoms with Gasteiger partial charge in [0, 0.05) is 32.6 Å². The summed E-state index contributed by atoms with van der Waals surface area (Å²) < 4.78 is 10.7. The van der Waals surface area contributed by atoms with Crippen molar-refractivity contribution in [3.63, 3.8) is 0 Å². The number of nitrogens with zero attached hydrogens (tertiary/aromatic N) is 3. The number of nitrogens with one attached hydrogen (secondary N) is 1. The molecule has 0 saturated heterocycles. The van der Waals surface area contributed by atoms with Crippen LogP contribution in [0.25, 0.3) is 0 Å². The summed E-state index contributed by atoms with van der Waals surface area (Å²) in [5, 5.41) is 0. The summed E-state index contributed by atoms with van der Waals surface area (Å²) in [6.07, 6.45) is 1.56. The first-order valence-corrected chi connectivity index (χ1v) is 8.97. The first kappa shape index (κ1) is 17.4. The van der Waals surface area contributed by atoms with E-state index in [9.17, 15) is 9.59 Å². The van der Waals surface area contributed by atoms with E-state index in [0.717, 1.165) is 17.1 Å². The summed E-state index contributed by atoms with van der Waals surface area (Å²) >= 11 is 0. The Morgan fingerprint density at radius 2 is 2.11 bits per heavy atom. The van der Waals surface area contributed by atoms with Gasteiger partial charge < -0.3 is 19.3 Å². The minimum atomic E-state index is -0.115. The van der Waals surface area contributed by atoms with Crippen molar-refractivity contribution in [2.45, 2.75) is 25.8 Å². The fourth-order valence-corrected chi connectivity index (χ4v) is 3.36. The number of hydrogen-bond donors (Lipinski definition) is 1. The van der Waals surface area contributed by atoms with Gasteiger partial charge in [0.1, 0.15) is 0 Å². The summed E-state index contributed by atoms with van der Waals surface area (Å²) in [6.45, 7) is 1.16. The Morgan fingerprint density at radius 1 is 1.30 bits per heavy atom. The van der Waals surface area contributed by atoms with Crippen LogP contribution in [0, 0.1) is 0 Å². The summed E-state index contributed by atoms with van der Waals surface area (Å²) in [5.41, 5.74) is 2.29. The van der Waals surface area contributed by atoms with E-state index in [-0.39, 0.29) is 18.3 Å². The fraction of sp³-hybridized carbons (Fsp3) is 0.421. The number of amides is 1. The van der Waals surface area contributed by atoms with Gasteiger partial charge in [0.05, 0.1) is 12.2 Å². The number of aromatic nitrogens is 2. The zero-order valence-corrected chi connectivity index (χ0v) is 15.4. The van der Waals surface area contributed by atoms with Gasteiger partial charge in [-0.2, -0.15) is 0 Å². The number of aromatic amines is 1. The third kappa shape index (κ3) is 3.47. The number of carbonyl (C=O) groups excluding carboxylic acids is 1. The number of benzene rings is 1. The summed E-state index contributed by atoms with van der Waals surface area (Å²) in [5.74, 6) is 2.04. The monoisotopic (exact) mass is 370 g/mol. The van der Waals surface area contributed by atoms with Crippen molar-refractivity contribution >= 4 is 11.9 Å². The molecule has 0 spiro atoms. The Kier molecular flexibility index (Phi) is 4.47. The van der Waals surface area contributed by atoms with Crippen LogP contribution >= 0.6 is 0 Å². The van der Waals surface area contributed by atoms with Crippen LogP contribution in [0.4, 0.5) is 5.95 Å². The smallest absolute Gasteiger partial charge is 0.255 e. The zero-order chi connectivity index (χ0) is 19.0. The summed E-state index contributed by atoms with van der Waals surface area (Å²) in [7, 11) is 3.64. The highest BCUT2D eigenvalue weighted by Crippen LogP contribution is 2.32. The van der Waals surface area contributed by atoms with Crippen molar-refractivity contribution in [3.05, 3.63) is 45.4 Å². The molecule has 8 heteroatoms. The molecule has 0 bridgehead atoms. The van der Waals surface area contributed by atoms with Gasteiger partial charge in [0.15, 0.2) is 11.5 Å². The van der Waals surface area contributed by atoms with Crippen molar-refractivity contribution < 1.29 is 14.3 Å². The number of ether oxygens (including phenoxy) is 2. The van der Waals surface area contributed by atoms with Gasteiger partial charge in [-0.05, 0) is 30.5 Å². The molecule has 4 rings (SSSR count). The zero-order valence-electron chi connectivity index (χ0n) is 15.4. The quantitative estimate of drug-likeness (QED) is 0.867. The SMILES string of the molecule is CN(C)c1nc2c(c(=O)[nH]1)CCN(C(=O)CCc1ccc3c(c1)OCO3)C2. The molecule has 3 heterocycles. The van der Waals surface area contributed by atoms with Gasteiger partial charge in [0.2, 0.25) is 18.6 Å². The first-order valence-electron chi connectivity index (χ1n) is 8.97. The number of hydrogen-bond acceptors (Lipinski definition) is 6. The molecule has 1 amide bonds. The topological polar surface area (TPSA) is 87.8 Å². The predicted molar refractivity (Wildman–Crippen MR) is 99.2 cm³/mol. The van der Waals surface area contributed by atoms with E-state index in [0.29, 0.717) is 49.6 Å². The maximum Gasteiger partial charge on any atom is 0.255 e. The number of fused-ring (bicyclic) bond motifs is 2. The molecule has 1 aromatic carbocycles. The van der Waals surface area contributed by atoms with Crippen molar-refractivity contribution in [2.75, 3.05) is 32.3 Å². The van der Waals surface area contributed by atoms with Crippen LogP contribution < -0.4 is 19.9 Å². The van der Waals surface area contributed by atoms with Crippen LogP contribution in [-0.4, -0.2) is 48.2 Å². The van der Waals surface area contributed by atoms with Crippen LogP contribution in [0.3, 0.4) is 0 Å². The first-order chi connectivity index (χ1) is 13.0. The maximum absolute atomic E-state index is 12.7. The van der Waals surface area contributed by atoms with Gasteiger partial charge in [-0.25, -0.2) is 4.98 Å². The largest absolute Gasteiger partial charge is 0.454 e. The van der Waals surface area contributed by atoms with Crippen LogP contribution in [0.15, 0.2) is 23.0 Å². The lowest BCUT2D eigenvalue weighted by Gasteiger charge is -2.28. The van der Waals surface area contributed by atoms with Crippen LogP contribution in [-0.2, 0) is 24.2 Å². The molecule has 0 atom stereocenters. The predicted octanol–water partition coefficient (Wildman–Crippen LogP) is 1.08. The van der Waals surface area contributed by atoms with E-state index in [2.05, 4.69) is 9.97 Å². The maximum atomic E-state index is 12.7. The molecule has 0 aliphatic carbocycles. The Labute approximate surface area is 156 Å². The molecule has 8 nitrogen and oxygen atoms in total. The van der Waals surface area contributed by atoms with Gasteiger partial charge in [-0.15, -0.1) is 0 Å². The molecular weight excluding hydrogens is 348 g/mol. The second-order valence-corrected chi connectivity index (χ2v) is 6.96. The third-order valence-electron chi connectivity index (χ3n) is 4.90. The van der Waals surface area contributed by atoms with E-state index < -0.39 is 0 Å². The van der Waals surface area contributed by atoms with Crippen LogP contribution in [0.5, 0.6) is 11.5 Å². The van der Waals surface area contributed by atoms with E-state index in [1.165, 1.54) is 0 Å². The Balaban J connectivity index is 1.42. The minimum Gasteiger partial charge on any atom is -0.454 e. The van der Waals surface area contributed by atoms with Gasteiger partial charge in [-0.3, -0.25) is 14.6 Å². The highest BCUT2D eigenvalue weighted by atomic mass is 16.7. The average Bonchev–Trinajstić information content (AvgIpc) is 3.13. The number of H-pyrrole nitrogens is 1. The average molecular weight is 370 g/mol. The van der Waals surface area contributed by atoms with Crippen molar-refractivity contribution in [3.8, 4) is 11.5 Å². The molecule has 2 aliphatic rings. The van der Waals surface area contributed by atoms with Crippen LogP contribution in [0.1, 0.15) is 23.2 Å². The normalized spacial score (nSPS) is 14.8. The molecule has 1 aromatic heterocycles. The molecule has 1 N–H and O–H groups in total.